The van der Waals surface area contributed by atoms with E-state index in [4.69, 9.17) is 5.73 Å². The molecule has 0 radical (unpaired) electrons. The zero-order chi connectivity index (χ0) is 13.5. The van der Waals surface area contributed by atoms with Crippen molar-refractivity contribution in [3.05, 3.63) is 0 Å². The molecule has 0 spiro atoms. The van der Waals surface area contributed by atoms with Crippen LogP contribution in [0.3, 0.4) is 0 Å². The SMILES string of the molecule is CCCN(CC(F)(F)F)CC(CC)(CC)CN. The largest absolute Gasteiger partial charge is 0.401 e. The van der Waals surface area contributed by atoms with Crippen molar-refractivity contribution < 1.29 is 13.2 Å². The summed E-state index contributed by atoms with van der Waals surface area (Å²) in [5, 5.41) is 0. The second-order valence-electron chi connectivity index (χ2n) is 4.74. The zero-order valence-electron chi connectivity index (χ0n) is 11.1. The molecule has 2 N–H and O–H groups in total. The summed E-state index contributed by atoms with van der Waals surface area (Å²) in [6.07, 6.45) is -1.77. The maximum Gasteiger partial charge on any atom is 0.401 e. The van der Waals surface area contributed by atoms with Gasteiger partial charge in [0.15, 0.2) is 0 Å². The highest BCUT2D eigenvalue weighted by atomic mass is 19.4. The highest BCUT2D eigenvalue weighted by molar-refractivity contribution is 4.82. The molecule has 0 aromatic rings. The van der Waals surface area contributed by atoms with Crippen molar-refractivity contribution in [1.82, 2.24) is 4.90 Å². The van der Waals surface area contributed by atoms with E-state index in [0.29, 0.717) is 19.6 Å². The third-order valence-corrected chi connectivity index (χ3v) is 3.43. The van der Waals surface area contributed by atoms with Crippen molar-refractivity contribution in [3.63, 3.8) is 0 Å². The average Bonchev–Trinajstić information content (AvgIpc) is 2.24. The third-order valence-electron chi connectivity index (χ3n) is 3.43. The fraction of sp³-hybridized carbons (Fsp3) is 1.00. The molecule has 0 amide bonds. The zero-order valence-corrected chi connectivity index (χ0v) is 11.1. The molecule has 0 fully saturated rings. The minimum atomic E-state index is -4.13. The van der Waals surface area contributed by atoms with Crippen molar-refractivity contribution in [3.8, 4) is 0 Å². The average molecular weight is 254 g/mol. The monoisotopic (exact) mass is 254 g/mol. The number of halogens is 3. The molecule has 0 aliphatic heterocycles. The summed E-state index contributed by atoms with van der Waals surface area (Å²) < 4.78 is 37.3. The van der Waals surface area contributed by atoms with Crippen LogP contribution in [0.25, 0.3) is 0 Å². The van der Waals surface area contributed by atoms with Gasteiger partial charge >= 0.3 is 6.18 Å². The predicted octanol–water partition coefficient (Wildman–Crippen LogP) is 3.03. The number of hydrogen-bond donors (Lipinski definition) is 1. The van der Waals surface area contributed by atoms with Crippen LogP contribution >= 0.6 is 0 Å². The first-order valence-corrected chi connectivity index (χ1v) is 6.31. The molecule has 0 rings (SSSR count). The lowest BCUT2D eigenvalue weighted by Gasteiger charge is -2.36. The van der Waals surface area contributed by atoms with E-state index in [1.165, 1.54) is 4.90 Å². The van der Waals surface area contributed by atoms with Crippen LogP contribution in [0.5, 0.6) is 0 Å². The summed E-state index contributed by atoms with van der Waals surface area (Å²) in [5.74, 6) is 0. The van der Waals surface area contributed by atoms with Gasteiger partial charge in [0.1, 0.15) is 0 Å². The number of hydrogen-bond acceptors (Lipinski definition) is 2. The lowest BCUT2D eigenvalue weighted by atomic mass is 9.82. The van der Waals surface area contributed by atoms with Gasteiger partial charge in [-0.15, -0.1) is 0 Å². The second kappa shape index (κ2) is 7.21. The normalized spacial score (nSPS) is 13.4. The highest BCUT2D eigenvalue weighted by Crippen LogP contribution is 2.28. The molecule has 0 unspecified atom stereocenters. The summed E-state index contributed by atoms with van der Waals surface area (Å²) in [7, 11) is 0. The minimum absolute atomic E-state index is 0.180. The van der Waals surface area contributed by atoms with Gasteiger partial charge in [0.25, 0.3) is 0 Å². The van der Waals surface area contributed by atoms with Crippen molar-refractivity contribution in [2.24, 2.45) is 11.1 Å². The first kappa shape index (κ1) is 16.7. The summed E-state index contributed by atoms with van der Waals surface area (Å²) in [4.78, 5) is 1.49. The van der Waals surface area contributed by atoms with Gasteiger partial charge < -0.3 is 5.73 Å². The van der Waals surface area contributed by atoms with E-state index < -0.39 is 12.7 Å². The number of nitrogens with zero attached hydrogens (tertiary/aromatic N) is 1. The molecular weight excluding hydrogens is 229 g/mol. The molecule has 5 heteroatoms. The van der Waals surface area contributed by atoms with Crippen LogP contribution in [0.4, 0.5) is 13.2 Å². The van der Waals surface area contributed by atoms with Gasteiger partial charge in [0.2, 0.25) is 0 Å². The molecule has 0 saturated carbocycles. The molecule has 0 aliphatic rings. The molecule has 104 valence electrons. The molecule has 17 heavy (non-hydrogen) atoms. The lowest BCUT2D eigenvalue weighted by Crippen LogP contribution is -2.45. The van der Waals surface area contributed by atoms with Crippen molar-refractivity contribution in [1.29, 1.82) is 0 Å². The van der Waals surface area contributed by atoms with E-state index >= 15 is 0 Å². The van der Waals surface area contributed by atoms with E-state index in [9.17, 15) is 13.2 Å². The van der Waals surface area contributed by atoms with Crippen LogP contribution < -0.4 is 5.73 Å². The fourth-order valence-electron chi connectivity index (χ4n) is 2.08. The summed E-state index contributed by atoms with van der Waals surface area (Å²) >= 11 is 0. The van der Waals surface area contributed by atoms with Gasteiger partial charge in [-0.25, -0.2) is 0 Å². The van der Waals surface area contributed by atoms with E-state index in [1.807, 2.05) is 20.8 Å². The maximum absolute atomic E-state index is 12.4. The summed E-state index contributed by atoms with van der Waals surface area (Å²) in [6.45, 7) is 6.40. The summed E-state index contributed by atoms with van der Waals surface area (Å²) in [5.41, 5.74) is 5.55. The Bertz CT molecular complexity index is 192. The van der Waals surface area contributed by atoms with Gasteiger partial charge in [-0.3, -0.25) is 4.90 Å². The van der Waals surface area contributed by atoms with E-state index in [-0.39, 0.29) is 5.41 Å². The van der Waals surface area contributed by atoms with E-state index in [1.54, 1.807) is 0 Å². The van der Waals surface area contributed by atoms with Crippen LogP contribution in [0.15, 0.2) is 0 Å². The van der Waals surface area contributed by atoms with Crippen LogP contribution in [0, 0.1) is 5.41 Å². The Morgan fingerprint density at radius 3 is 1.82 bits per heavy atom. The Morgan fingerprint density at radius 2 is 1.53 bits per heavy atom. The van der Waals surface area contributed by atoms with E-state index in [0.717, 1.165) is 19.3 Å². The van der Waals surface area contributed by atoms with Gasteiger partial charge in [0.05, 0.1) is 6.54 Å². The topological polar surface area (TPSA) is 29.3 Å². The number of alkyl halides is 3. The van der Waals surface area contributed by atoms with Crippen LogP contribution in [0.1, 0.15) is 40.0 Å². The van der Waals surface area contributed by atoms with Crippen molar-refractivity contribution in [2.75, 3.05) is 26.2 Å². The van der Waals surface area contributed by atoms with Gasteiger partial charge in [-0.1, -0.05) is 20.8 Å². The Morgan fingerprint density at radius 1 is 1.00 bits per heavy atom. The van der Waals surface area contributed by atoms with E-state index in [2.05, 4.69) is 0 Å². The Kier molecular flexibility index (Phi) is 7.09. The van der Waals surface area contributed by atoms with Gasteiger partial charge in [-0.05, 0) is 37.8 Å². The molecule has 0 aliphatic carbocycles. The standard InChI is InChI=1S/C12H25F3N2/c1-4-7-17(10-12(13,14)15)9-11(5-2,6-3)8-16/h4-10,16H2,1-3H3. The summed E-state index contributed by atoms with van der Waals surface area (Å²) in [6, 6.07) is 0. The molecule has 0 aromatic heterocycles. The molecule has 0 heterocycles. The second-order valence-corrected chi connectivity index (χ2v) is 4.74. The molecule has 0 aromatic carbocycles. The Labute approximate surface area is 102 Å². The molecule has 0 saturated heterocycles. The minimum Gasteiger partial charge on any atom is -0.330 e. The highest BCUT2D eigenvalue weighted by Gasteiger charge is 2.34. The van der Waals surface area contributed by atoms with Crippen LogP contribution in [-0.4, -0.2) is 37.3 Å². The van der Waals surface area contributed by atoms with Crippen molar-refractivity contribution in [2.45, 2.75) is 46.2 Å². The predicted molar refractivity (Wildman–Crippen MR) is 64.9 cm³/mol. The first-order chi connectivity index (χ1) is 7.82. The van der Waals surface area contributed by atoms with Crippen LogP contribution in [-0.2, 0) is 0 Å². The Hall–Kier alpha value is -0.290. The first-order valence-electron chi connectivity index (χ1n) is 6.31. The van der Waals surface area contributed by atoms with Crippen LogP contribution in [0.2, 0.25) is 0 Å². The molecule has 0 bridgehead atoms. The number of rotatable bonds is 8. The smallest absolute Gasteiger partial charge is 0.330 e. The third kappa shape index (κ3) is 6.27. The van der Waals surface area contributed by atoms with Crippen molar-refractivity contribution >= 4 is 0 Å². The van der Waals surface area contributed by atoms with Gasteiger partial charge in [0, 0.05) is 6.54 Å². The molecule has 0 atom stereocenters. The molecule has 2 nitrogen and oxygen atoms in total. The number of nitrogens with two attached hydrogens (primary N) is 1. The molecular formula is C12H25F3N2. The van der Waals surface area contributed by atoms with Gasteiger partial charge in [-0.2, -0.15) is 13.2 Å². The maximum atomic E-state index is 12.4. The Balaban J connectivity index is 4.60. The fourth-order valence-corrected chi connectivity index (χ4v) is 2.08. The quantitative estimate of drug-likeness (QED) is 0.721. The lowest BCUT2D eigenvalue weighted by molar-refractivity contribution is -0.149.